The van der Waals surface area contributed by atoms with Crippen molar-refractivity contribution in [2.24, 2.45) is 7.05 Å². The molecule has 0 amide bonds. The van der Waals surface area contributed by atoms with E-state index in [0.29, 0.717) is 12.2 Å². The lowest BCUT2D eigenvalue weighted by atomic mass is 10.1. The van der Waals surface area contributed by atoms with Crippen LogP contribution in [0.25, 0.3) is 0 Å². The molecule has 0 N–H and O–H groups in total. The number of imidazole rings is 1. The fourth-order valence-electron chi connectivity index (χ4n) is 2.93. The van der Waals surface area contributed by atoms with Crippen LogP contribution < -0.4 is 0 Å². The Bertz CT molecular complexity index is 462. The Hall–Kier alpha value is -1.38. The van der Waals surface area contributed by atoms with Crippen LogP contribution in [-0.4, -0.2) is 15.3 Å². The monoisotopic (exact) mass is 332 g/mol. The number of nitrogens with zero attached hydrogens (tertiary/aromatic N) is 2. The lowest BCUT2D eigenvalue weighted by Gasteiger charge is -2.01. The highest BCUT2D eigenvalue weighted by molar-refractivity contribution is 5.92. The Morgan fingerprint density at radius 3 is 2.12 bits per heavy atom. The summed E-state index contributed by atoms with van der Waals surface area (Å²) in [5.41, 5.74) is 0. The van der Waals surface area contributed by atoms with E-state index in [4.69, 9.17) is 0 Å². The zero-order valence-electron chi connectivity index (χ0n) is 15.8. The quantitative estimate of drug-likeness (QED) is 0.216. The van der Waals surface area contributed by atoms with Crippen molar-refractivity contribution in [1.82, 2.24) is 9.55 Å². The summed E-state index contributed by atoms with van der Waals surface area (Å²) in [6.07, 6.45) is 24.1. The van der Waals surface area contributed by atoms with Crippen molar-refractivity contribution >= 4 is 5.78 Å². The topological polar surface area (TPSA) is 34.9 Å². The van der Waals surface area contributed by atoms with E-state index in [1.165, 1.54) is 64.2 Å². The predicted molar refractivity (Wildman–Crippen MR) is 102 cm³/mol. The van der Waals surface area contributed by atoms with Gasteiger partial charge in [-0.05, 0) is 32.1 Å². The molecule has 0 saturated carbocycles. The van der Waals surface area contributed by atoms with Crippen LogP contribution in [0.2, 0.25) is 0 Å². The van der Waals surface area contributed by atoms with Gasteiger partial charge in [-0.3, -0.25) is 4.79 Å². The molecule has 136 valence electrons. The largest absolute Gasteiger partial charge is 0.332 e. The van der Waals surface area contributed by atoms with Gasteiger partial charge in [0.25, 0.3) is 0 Å². The minimum absolute atomic E-state index is 0.168. The summed E-state index contributed by atoms with van der Waals surface area (Å²) in [5, 5.41) is 0. The van der Waals surface area contributed by atoms with Gasteiger partial charge in [0.05, 0.1) is 0 Å². The molecule has 3 heteroatoms. The molecule has 0 spiro atoms. The standard InChI is InChI=1S/C21H36N2O/c1-3-4-5-6-7-8-9-10-11-12-13-14-15-16-17-20(24)21-22-18-19-23(21)2/h10-11,18-19H,3-9,12-17H2,1-2H3/b11-10-. The first-order chi connectivity index (χ1) is 11.8. The maximum Gasteiger partial charge on any atom is 0.198 e. The highest BCUT2D eigenvalue weighted by Crippen LogP contribution is 2.10. The van der Waals surface area contributed by atoms with E-state index in [2.05, 4.69) is 24.1 Å². The Morgan fingerprint density at radius 1 is 0.958 bits per heavy atom. The molecule has 0 unspecified atom stereocenters. The Morgan fingerprint density at radius 2 is 1.54 bits per heavy atom. The van der Waals surface area contributed by atoms with Gasteiger partial charge in [-0.15, -0.1) is 0 Å². The van der Waals surface area contributed by atoms with E-state index < -0.39 is 0 Å². The minimum atomic E-state index is 0.168. The van der Waals surface area contributed by atoms with Gasteiger partial charge in [0.15, 0.2) is 11.6 Å². The van der Waals surface area contributed by atoms with Gasteiger partial charge < -0.3 is 4.57 Å². The first-order valence-corrected chi connectivity index (χ1v) is 9.91. The number of unbranched alkanes of at least 4 members (excludes halogenated alkanes) is 10. The van der Waals surface area contributed by atoms with Gasteiger partial charge in [0, 0.05) is 25.9 Å². The summed E-state index contributed by atoms with van der Waals surface area (Å²) in [6, 6.07) is 0. The molecule has 3 nitrogen and oxygen atoms in total. The van der Waals surface area contributed by atoms with Crippen molar-refractivity contribution < 1.29 is 4.79 Å². The van der Waals surface area contributed by atoms with E-state index in [0.717, 1.165) is 12.8 Å². The van der Waals surface area contributed by atoms with Crippen molar-refractivity contribution in [3.05, 3.63) is 30.4 Å². The molecule has 0 aromatic carbocycles. The van der Waals surface area contributed by atoms with Gasteiger partial charge in [-0.2, -0.15) is 0 Å². The molecule has 0 saturated heterocycles. The molecule has 0 fully saturated rings. The SMILES string of the molecule is CCCCCCCC/C=C\CCCCCCC(=O)c1nccn1C. The third-order valence-corrected chi connectivity index (χ3v) is 4.49. The fraction of sp³-hybridized carbons (Fsp3) is 0.714. The number of aryl methyl sites for hydroxylation is 1. The fourth-order valence-corrected chi connectivity index (χ4v) is 2.93. The highest BCUT2D eigenvalue weighted by Gasteiger charge is 2.09. The average Bonchev–Trinajstić information content (AvgIpc) is 3.01. The molecule has 1 aromatic rings. The Labute approximate surface area is 148 Å². The smallest absolute Gasteiger partial charge is 0.198 e. The maximum atomic E-state index is 12.0. The van der Waals surface area contributed by atoms with E-state index in [1.807, 2.05) is 13.2 Å². The predicted octanol–water partition coefficient (Wildman–Crippen LogP) is 6.25. The molecule has 0 aliphatic heterocycles. The number of Topliss-reactive ketones (excluding diaryl/α,β-unsaturated/α-hetero) is 1. The second-order valence-electron chi connectivity index (χ2n) is 6.77. The Balaban J connectivity index is 1.87. The number of ketones is 1. The molecule has 0 atom stereocenters. The second-order valence-corrected chi connectivity index (χ2v) is 6.77. The van der Waals surface area contributed by atoms with Crippen molar-refractivity contribution in [2.75, 3.05) is 0 Å². The lowest BCUT2D eigenvalue weighted by molar-refractivity contribution is 0.0966. The summed E-state index contributed by atoms with van der Waals surface area (Å²) >= 11 is 0. The van der Waals surface area contributed by atoms with Crippen LogP contribution in [0, 0.1) is 0 Å². The summed E-state index contributed by atoms with van der Waals surface area (Å²) < 4.78 is 1.80. The number of carbonyl (C=O) groups excluding carboxylic acids is 1. The first kappa shape index (κ1) is 20.7. The maximum absolute atomic E-state index is 12.0. The highest BCUT2D eigenvalue weighted by atomic mass is 16.1. The summed E-state index contributed by atoms with van der Waals surface area (Å²) in [7, 11) is 1.87. The molecular formula is C21H36N2O. The van der Waals surface area contributed by atoms with Gasteiger partial charge in [0.2, 0.25) is 0 Å². The molecule has 0 radical (unpaired) electrons. The number of hydrogen-bond donors (Lipinski definition) is 0. The molecule has 1 heterocycles. The van der Waals surface area contributed by atoms with Crippen LogP contribution in [0.4, 0.5) is 0 Å². The minimum Gasteiger partial charge on any atom is -0.332 e. The van der Waals surface area contributed by atoms with Gasteiger partial charge in [0.1, 0.15) is 0 Å². The third kappa shape index (κ3) is 9.69. The lowest BCUT2D eigenvalue weighted by Crippen LogP contribution is -2.06. The third-order valence-electron chi connectivity index (χ3n) is 4.49. The Kier molecular flexibility index (Phi) is 12.1. The van der Waals surface area contributed by atoms with Crippen LogP contribution in [-0.2, 0) is 7.05 Å². The van der Waals surface area contributed by atoms with Gasteiger partial charge in [-0.1, -0.05) is 64.0 Å². The van der Waals surface area contributed by atoms with Crippen molar-refractivity contribution in [3.63, 3.8) is 0 Å². The molecule has 0 bridgehead atoms. The summed E-state index contributed by atoms with van der Waals surface area (Å²) in [6.45, 7) is 2.26. The number of carbonyl (C=O) groups is 1. The van der Waals surface area contributed by atoms with E-state index in [1.54, 1.807) is 10.8 Å². The molecule has 0 aliphatic carbocycles. The zero-order valence-corrected chi connectivity index (χ0v) is 15.8. The summed E-state index contributed by atoms with van der Waals surface area (Å²) in [4.78, 5) is 16.1. The van der Waals surface area contributed by atoms with Gasteiger partial charge in [-0.25, -0.2) is 4.98 Å². The van der Waals surface area contributed by atoms with E-state index >= 15 is 0 Å². The normalized spacial score (nSPS) is 11.4. The van der Waals surface area contributed by atoms with Crippen molar-refractivity contribution in [1.29, 1.82) is 0 Å². The summed E-state index contributed by atoms with van der Waals surface area (Å²) in [5.74, 6) is 0.758. The first-order valence-electron chi connectivity index (χ1n) is 9.91. The molecular weight excluding hydrogens is 296 g/mol. The van der Waals surface area contributed by atoms with E-state index in [-0.39, 0.29) is 5.78 Å². The van der Waals surface area contributed by atoms with Crippen LogP contribution in [0.15, 0.2) is 24.5 Å². The average molecular weight is 333 g/mol. The molecule has 24 heavy (non-hydrogen) atoms. The van der Waals surface area contributed by atoms with Crippen molar-refractivity contribution in [2.45, 2.75) is 90.4 Å². The number of hydrogen-bond acceptors (Lipinski definition) is 2. The molecule has 1 aromatic heterocycles. The molecule has 0 aliphatic rings. The van der Waals surface area contributed by atoms with Crippen LogP contribution in [0.5, 0.6) is 0 Å². The zero-order chi connectivity index (χ0) is 17.5. The van der Waals surface area contributed by atoms with E-state index in [9.17, 15) is 4.79 Å². The van der Waals surface area contributed by atoms with Crippen molar-refractivity contribution in [3.8, 4) is 0 Å². The second kappa shape index (κ2) is 14.0. The number of allylic oxidation sites excluding steroid dienone is 2. The van der Waals surface area contributed by atoms with Gasteiger partial charge >= 0.3 is 0 Å². The molecule has 1 rings (SSSR count). The van der Waals surface area contributed by atoms with Crippen LogP contribution in [0.3, 0.4) is 0 Å². The van der Waals surface area contributed by atoms with Crippen LogP contribution >= 0.6 is 0 Å². The number of rotatable bonds is 15. The number of aromatic nitrogens is 2. The van der Waals surface area contributed by atoms with Crippen LogP contribution in [0.1, 0.15) is 101 Å².